The van der Waals surface area contributed by atoms with Gasteiger partial charge in [-0.2, -0.15) is 13.2 Å². The molecule has 4 aromatic rings. The van der Waals surface area contributed by atoms with Crippen LogP contribution in [-0.2, 0) is 24.6 Å². The van der Waals surface area contributed by atoms with Gasteiger partial charge in [-0.05, 0) is 25.3 Å². The molecule has 13 heteroatoms. The van der Waals surface area contributed by atoms with Gasteiger partial charge in [0.05, 0.1) is 19.0 Å². The smallest absolute Gasteiger partial charge is 0.434 e. The molecule has 10 nitrogen and oxygen atoms in total. The summed E-state index contributed by atoms with van der Waals surface area (Å²) in [6.07, 6.45) is 1.59. The quantitative estimate of drug-likeness (QED) is 0.335. The Hall–Kier alpha value is -4.55. The van der Waals surface area contributed by atoms with Gasteiger partial charge in [-0.3, -0.25) is 4.79 Å². The second kappa shape index (κ2) is 9.82. The summed E-state index contributed by atoms with van der Waals surface area (Å²) < 4.78 is 46.3. The van der Waals surface area contributed by atoms with Crippen LogP contribution in [0.15, 0.2) is 43.0 Å². The highest BCUT2D eigenvalue weighted by Gasteiger charge is 2.37. The Morgan fingerprint density at radius 1 is 1.05 bits per heavy atom. The fourth-order valence-electron chi connectivity index (χ4n) is 5.10. The standard InChI is InChI=1S/C28H27F3N8O2/c1-15-27(40)38(3)19-11-32-23(21-22(17-9-10-17)33-14-34-26(21)41-4)36-25(19)39(15)12-16-5-7-18(8-6-16)24-35-20(13-37(24)2)28(29,30)31/h5-8,11,13-15,17H,9-10,12H2,1-4H3. The van der Waals surface area contributed by atoms with Gasteiger partial charge in [0.2, 0.25) is 11.8 Å². The Kier molecular flexibility index (Phi) is 6.39. The van der Waals surface area contributed by atoms with E-state index in [-0.39, 0.29) is 11.7 Å². The van der Waals surface area contributed by atoms with Crippen LogP contribution in [0.3, 0.4) is 0 Å². The van der Waals surface area contributed by atoms with E-state index in [0.29, 0.717) is 46.8 Å². The molecule has 4 heterocycles. The van der Waals surface area contributed by atoms with Crippen LogP contribution in [0, 0.1) is 0 Å². The highest BCUT2D eigenvalue weighted by atomic mass is 19.4. The minimum absolute atomic E-state index is 0.113. The lowest BCUT2D eigenvalue weighted by Gasteiger charge is -2.39. The molecule has 3 aromatic heterocycles. The normalized spacial score (nSPS) is 17.1. The second-order valence-corrected chi connectivity index (χ2v) is 10.3. The molecule has 1 atom stereocenters. The van der Waals surface area contributed by atoms with Crippen LogP contribution in [0.25, 0.3) is 22.8 Å². The van der Waals surface area contributed by atoms with Crippen LogP contribution in [0.2, 0.25) is 0 Å². The third-order valence-electron chi connectivity index (χ3n) is 7.49. The first-order chi connectivity index (χ1) is 19.6. The number of aryl methyl sites for hydroxylation is 1. The molecule has 1 aliphatic heterocycles. The van der Waals surface area contributed by atoms with Gasteiger partial charge < -0.3 is 19.1 Å². The van der Waals surface area contributed by atoms with Crippen molar-refractivity contribution in [3.05, 3.63) is 59.9 Å². The Morgan fingerprint density at radius 2 is 1.78 bits per heavy atom. The Morgan fingerprint density at radius 3 is 2.41 bits per heavy atom. The molecule has 0 spiro atoms. The van der Waals surface area contributed by atoms with E-state index in [1.54, 1.807) is 37.4 Å². The van der Waals surface area contributed by atoms with Gasteiger partial charge in [0, 0.05) is 38.3 Å². The predicted molar refractivity (Wildman–Crippen MR) is 144 cm³/mol. The average Bonchev–Trinajstić information content (AvgIpc) is 3.73. The van der Waals surface area contributed by atoms with Gasteiger partial charge in [0.25, 0.3) is 0 Å². The lowest BCUT2D eigenvalue weighted by atomic mass is 10.1. The summed E-state index contributed by atoms with van der Waals surface area (Å²) in [5, 5.41) is 0. The van der Waals surface area contributed by atoms with E-state index in [1.807, 2.05) is 24.0 Å². The summed E-state index contributed by atoms with van der Waals surface area (Å²) >= 11 is 0. The molecule has 0 bridgehead atoms. The minimum atomic E-state index is -4.52. The molecular weight excluding hydrogens is 537 g/mol. The van der Waals surface area contributed by atoms with Crippen LogP contribution in [-0.4, -0.2) is 55.6 Å². The first-order valence-electron chi connectivity index (χ1n) is 13.1. The molecule has 1 unspecified atom stereocenters. The van der Waals surface area contributed by atoms with Crippen LogP contribution in [0.5, 0.6) is 5.88 Å². The van der Waals surface area contributed by atoms with Gasteiger partial charge in [-0.1, -0.05) is 24.3 Å². The molecule has 1 aliphatic carbocycles. The minimum Gasteiger partial charge on any atom is -0.480 e. The Balaban J connectivity index is 1.36. The van der Waals surface area contributed by atoms with Crippen molar-refractivity contribution in [2.45, 2.75) is 44.4 Å². The van der Waals surface area contributed by atoms with Crippen molar-refractivity contribution < 1.29 is 22.7 Å². The van der Waals surface area contributed by atoms with Gasteiger partial charge in [0.1, 0.15) is 29.4 Å². The molecular formula is C28H27F3N8O2. The van der Waals surface area contributed by atoms with Crippen molar-refractivity contribution >= 4 is 17.4 Å². The number of halogens is 3. The topological polar surface area (TPSA) is 102 Å². The summed E-state index contributed by atoms with van der Waals surface area (Å²) in [6.45, 7) is 2.14. The van der Waals surface area contributed by atoms with E-state index in [1.165, 1.54) is 17.9 Å². The van der Waals surface area contributed by atoms with Gasteiger partial charge in [0.15, 0.2) is 17.3 Å². The molecule has 0 saturated heterocycles. The molecule has 41 heavy (non-hydrogen) atoms. The summed E-state index contributed by atoms with van der Waals surface area (Å²) in [5.74, 6) is 1.76. The van der Waals surface area contributed by atoms with E-state index in [0.717, 1.165) is 30.3 Å². The predicted octanol–water partition coefficient (Wildman–Crippen LogP) is 4.61. The zero-order valence-corrected chi connectivity index (χ0v) is 22.8. The SMILES string of the molecule is COc1ncnc(C2CC2)c1-c1ncc2c(n1)N(Cc1ccc(-c3nc(C(F)(F)F)cn3C)cc1)C(C)C(=O)N2C. The lowest BCUT2D eigenvalue weighted by molar-refractivity contribution is -0.140. The number of benzene rings is 1. The fraction of sp³-hybridized carbons (Fsp3) is 0.357. The zero-order valence-electron chi connectivity index (χ0n) is 22.8. The number of carbonyl (C=O) groups is 1. The molecule has 1 saturated carbocycles. The summed E-state index contributed by atoms with van der Waals surface area (Å²) in [6, 6.07) is 6.54. The largest absolute Gasteiger partial charge is 0.480 e. The maximum absolute atomic E-state index is 13.1. The maximum atomic E-state index is 13.1. The number of alkyl halides is 3. The molecule has 6 rings (SSSR count). The summed E-state index contributed by atoms with van der Waals surface area (Å²) in [4.78, 5) is 38.6. The molecule has 1 aromatic carbocycles. The van der Waals surface area contributed by atoms with E-state index >= 15 is 0 Å². The second-order valence-electron chi connectivity index (χ2n) is 10.3. The Labute approximate surface area is 233 Å². The van der Waals surface area contributed by atoms with Gasteiger partial charge >= 0.3 is 6.18 Å². The monoisotopic (exact) mass is 564 g/mol. The van der Waals surface area contributed by atoms with Crippen LogP contribution < -0.4 is 14.5 Å². The summed E-state index contributed by atoms with van der Waals surface area (Å²) in [5.41, 5.74) is 2.49. The van der Waals surface area contributed by atoms with Crippen LogP contribution >= 0.6 is 0 Å². The Bertz CT molecular complexity index is 1630. The number of imidazole rings is 1. The first-order valence-corrected chi connectivity index (χ1v) is 13.1. The molecule has 2 aliphatic rings. The number of fused-ring (bicyclic) bond motifs is 1. The number of hydrogen-bond acceptors (Lipinski definition) is 8. The van der Waals surface area contributed by atoms with E-state index in [9.17, 15) is 18.0 Å². The molecule has 1 amide bonds. The number of carbonyl (C=O) groups excluding carboxylic acids is 1. The molecule has 1 fully saturated rings. The van der Waals surface area contributed by atoms with Crippen molar-refractivity contribution in [2.24, 2.45) is 7.05 Å². The van der Waals surface area contributed by atoms with Gasteiger partial charge in [-0.25, -0.2) is 24.9 Å². The lowest BCUT2D eigenvalue weighted by Crippen LogP contribution is -2.50. The van der Waals surface area contributed by atoms with E-state index < -0.39 is 17.9 Å². The van der Waals surface area contributed by atoms with Crippen molar-refractivity contribution in [1.82, 2.24) is 29.5 Å². The van der Waals surface area contributed by atoms with Crippen molar-refractivity contribution in [2.75, 3.05) is 24.0 Å². The fourth-order valence-corrected chi connectivity index (χ4v) is 5.10. The molecule has 0 radical (unpaired) electrons. The number of amides is 1. The van der Waals surface area contributed by atoms with Crippen molar-refractivity contribution in [3.8, 4) is 28.7 Å². The highest BCUT2D eigenvalue weighted by Crippen LogP contribution is 2.46. The molecule has 0 N–H and O–H groups in total. The number of anilines is 2. The third-order valence-corrected chi connectivity index (χ3v) is 7.49. The number of ether oxygens (including phenoxy) is 1. The number of nitrogens with zero attached hydrogens (tertiary/aromatic N) is 8. The van der Waals surface area contributed by atoms with Gasteiger partial charge in [-0.15, -0.1) is 0 Å². The third kappa shape index (κ3) is 4.74. The molecule has 212 valence electrons. The van der Waals surface area contributed by atoms with Crippen molar-refractivity contribution in [3.63, 3.8) is 0 Å². The highest BCUT2D eigenvalue weighted by molar-refractivity contribution is 6.04. The van der Waals surface area contributed by atoms with Crippen LogP contribution in [0.4, 0.5) is 24.7 Å². The number of rotatable bonds is 6. The first kappa shape index (κ1) is 26.7. The average molecular weight is 565 g/mol. The van der Waals surface area contributed by atoms with E-state index in [2.05, 4.69) is 19.9 Å². The maximum Gasteiger partial charge on any atom is 0.434 e. The zero-order chi connectivity index (χ0) is 29.1. The number of methoxy groups -OCH3 is 1. The summed E-state index contributed by atoms with van der Waals surface area (Å²) in [7, 11) is 4.76. The van der Waals surface area contributed by atoms with Crippen molar-refractivity contribution in [1.29, 1.82) is 0 Å². The number of aromatic nitrogens is 6. The van der Waals surface area contributed by atoms with Crippen LogP contribution in [0.1, 0.15) is 42.6 Å². The van der Waals surface area contributed by atoms with E-state index in [4.69, 9.17) is 9.72 Å². The number of likely N-dealkylation sites (N-methyl/N-ethyl adjacent to an activating group) is 1. The number of hydrogen-bond donors (Lipinski definition) is 0.